The van der Waals surface area contributed by atoms with Gasteiger partial charge in [0.05, 0.1) is 7.11 Å². The molecule has 1 aliphatic heterocycles. The Kier molecular flexibility index (Phi) is 3.86. The van der Waals surface area contributed by atoms with Crippen LogP contribution in [0.3, 0.4) is 0 Å². The zero-order chi connectivity index (χ0) is 13.1. The maximum Gasteiger partial charge on any atom is 0.288 e. The summed E-state index contributed by atoms with van der Waals surface area (Å²) < 4.78 is 19.2. The molecule has 2 amide bonds. The number of hydrogen-bond acceptors (Lipinski definition) is 4. The first-order valence-electron chi connectivity index (χ1n) is 5.40. The molecule has 1 aromatic rings. The van der Waals surface area contributed by atoms with Crippen molar-refractivity contribution in [3.05, 3.63) is 29.8 Å². The van der Waals surface area contributed by atoms with E-state index in [1.165, 1.54) is 13.2 Å². The minimum Gasteiger partial charge on any atom is -0.496 e. The molecular formula is C12H12FNO3S. The summed E-state index contributed by atoms with van der Waals surface area (Å²) in [5.41, 5.74) is 0.148. The van der Waals surface area contributed by atoms with Crippen LogP contribution in [0.15, 0.2) is 24.3 Å². The molecule has 0 saturated carbocycles. The molecule has 2 rings (SSSR count). The molecule has 0 unspecified atom stereocenters. The Hall–Kier alpha value is -1.56. The van der Waals surface area contributed by atoms with Crippen molar-refractivity contribution in [3.63, 3.8) is 0 Å². The van der Waals surface area contributed by atoms with Crippen LogP contribution in [0, 0.1) is 0 Å². The van der Waals surface area contributed by atoms with Gasteiger partial charge in [0, 0.05) is 17.9 Å². The third kappa shape index (κ3) is 2.33. The molecule has 1 fully saturated rings. The molecule has 0 spiro atoms. The van der Waals surface area contributed by atoms with Crippen LogP contribution < -0.4 is 4.74 Å². The van der Waals surface area contributed by atoms with Gasteiger partial charge in [-0.3, -0.25) is 14.5 Å². The Balaban J connectivity index is 2.22. The Morgan fingerprint density at radius 3 is 2.83 bits per heavy atom. The molecule has 1 heterocycles. The number of hydrogen-bond donors (Lipinski definition) is 0. The van der Waals surface area contributed by atoms with Gasteiger partial charge >= 0.3 is 0 Å². The number of halogens is 1. The number of para-hydroxylation sites is 1. The van der Waals surface area contributed by atoms with Crippen LogP contribution in [-0.2, 0) is 4.79 Å². The molecule has 0 radical (unpaired) electrons. The van der Waals surface area contributed by atoms with E-state index < -0.39 is 17.3 Å². The standard InChI is InChI=1S/C12H12FNO3S/c1-17-9-5-3-2-4-8(9)10(13)11(15)14-6-7-18-12(14)16/h2-5,10H,6-7H2,1H3/t10-/m1/s1. The van der Waals surface area contributed by atoms with Gasteiger partial charge in [-0.15, -0.1) is 0 Å². The molecular weight excluding hydrogens is 257 g/mol. The van der Waals surface area contributed by atoms with Crippen LogP contribution in [-0.4, -0.2) is 35.5 Å². The van der Waals surface area contributed by atoms with Gasteiger partial charge in [-0.2, -0.15) is 0 Å². The van der Waals surface area contributed by atoms with Crippen LogP contribution in [0.25, 0.3) is 0 Å². The predicted octanol–water partition coefficient (Wildman–Crippen LogP) is 2.40. The van der Waals surface area contributed by atoms with E-state index in [0.717, 1.165) is 16.7 Å². The van der Waals surface area contributed by atoms with Crippen LogP contribution in [0.1, 0.15) is 11.7 Å². The lowest BCUT2D eigenvalue weighted by molar-refractivity contribution is -0.133. The van der Waals surface area contributed by atoms with Gasteiger partial charge in [0.25, 0.3) is 11.1 Å². The molecule has 0 aliphatic carbocycles. The quantitative estimate of drug-likeness (QED) is 0.845. The minimum atomic E-state index is -1.87. The van der Waals surface area contributed by atoms with Crippen LogP contribution in [0.5, 0.6) is 5.75 Å². The number of nitrogens with zero attached hydrogens (tertiary/aromatic N) is 1. The molecule has 4 nitrogen and oxygen atoms in total. The normalized spacial score (nSPS) is 16.8. The van der Waals surface area contributed by atoms with Gasteiger partial charge in [-0.25, -0.2) is 4.39 Å². The second-order valence-electron chi connectivity index (χ2n) is 3.71. The lowest BCUT2D eigenvalue weighted by Crippen LogP contribution is -2.33. The number of methoxy groups -OCH3 is 1. The smallest absolute Gasteiger partial charge is 0.288 e. The first-order chi connectivity index (χ1) is 8.65. The molecule has 1 saturated heterocycles. The number of ether oxygens (including phenoxy) is 1. The van der Waals surface area contributed by atoms with Gasteiger partial charge in [-0.1, -0.05) is 30.0 Å². The molecule has 96 valence electrons. The minimum absolute atomic E-state index is 0.148. The highest BCUT2D eigenvalue weighted by Gasteiger charge is 2.34. The summed E-state index contributed by atoms with van der Waals surface area (Å²) in [5.74, 6) is -0.00408. The number of benzene rings is 1. The van der Waals surface area contributed by atoms with Crippen molar-refractivity contribution >= 4 is 22.9 Å². The summed E-state index contributed by atoms with van der Waals surface area (Å²) in [4.78, 5) is 24.2. The van der Waals surface area contributed by atoms with Gasteiger partial charge in [0.1, 0.15) is 5.75 Å². The van der Waals surface area contributed by atoms with Gasteiger partial charge in [0.2, 0.25) is 6.17 Å². The maximum absolute atomic E-state index is 14.2. The monoisotopic (exact) mass is 269 g/mol. The fourth-order valence-electron chi connectivity index (χ4n) is 1.74. The zero-order valence-electron chi connectivity index (χ0n) is 9.76. The number of imide groups is 1. The van der Waals surface area contributed by atoms with Crippen molar-refractivity contribution in [3.8, 4) is 5.75 Å². The molecule has 18 heavy (non-hydrogen) atoms. The summed E-state index contributed by atoms with van der Waals surface area (Å²) in [6.07, 6.45) is -1.87. The van der Waals surface area contributed by atoms with Crippen molar-refractivity contribution in [2.45, 2.75) is 6.17 Å². The first kappa shape index (κ1) is 12.9. The molecule has 1 atom stereocenters. The second-order valence-corrected chi connectivity index (χ2v) is 4.75. The third-order valence-electron chi connectivity index (χ3n) is 2.66. The predicted molar refractivity (Wildman–Crippen MR) is 66.4 cm³/mol. The summed E-state index contributed by atoms with van der Waals surface area (Å²) in [7, 11) is 1.41. The summed E-state index contributed by atoms with van der Waals surface area (Å²) in [6.45, 7) is 0.262. The largest absolute Gasteiger partial charge is 0.496 e. The van der Waals surface area contributed by atoms with Crippen LogP contribution in [0.2, 0.25) is 0 Å². The van der Waals surface area contributed by atoms with Crippen molar-refractivity contribution in [2.24, 2.45) is 0 Å². The average Bonchev–Trinajstić information content (AvgIpc) is 2.83. The Morgan fingerprint density at radius 1 is 1.50 bits per heavy atom. The van der Waals surface area contributed by atoms with Gasteiger partial charge in [-0.05, 0) is 6.07 Å². The topological polar surface area (TPSA) is 46.6 Å². The molecule has 1 aromatic carbocycles. The maximum atomic E-state index is 14.2. The summed E-state index contributed by atoms with van der Waals surface area (Å²) >= 11 is 1.02. The van der Waals surface area contributed by atoms with Crippen molar-refractivity contribution in [2.75, 3.05) is 19.4 Å². The highest BCUT2D eigenvalue weighted by Crippen LogP contribution is 2.31. The van der Waals surface area contributed by atoms with Crippen molar-refractivity contribution < 1.29 is 18.7 Å². The van der Waals surface area contributed by atoms with E-state index in [1.54, 1.807) is 18.2 Å². The number of carbonyl (C=O) groups excluding carboxylic acids is 2. The molecule has 6 heteroatoms. The average molecular weight is 269 g/mol. The highest BCUT2D eigenvalue weighted by molar-refractivity contribution is 8.13. The number of alkyl halides is 1. The number of thioether (sulfide) groups is 1. The van der Waals surface area contributed by atoms with Crippen LogP contribution >= 0.6 is 11.8 Å². The highest BCUT2D eigenvalue weighted by atomic mass is 32.2. The lowest BCUT2D eigenvalue weighted by atomic mass is 10.1. The lowest BCUT2D eigenvalue weighted by Gasteiger charge is -2.17. The molecule has 0 bridgehead atoms. The van der Waals surface area contributed by atoms with Gasteiger partial charge in [0.15, 0.2) is 0 Å². The number of amides is 2. The fraction of sp³-hybridized carbons (Fsp3) is 0.333. The van der Waals surface area contributed by atoms with E-state index >= 15 is 0 Å². The zero-order valence-corrected chi connectivity index (χ0v) is 10.6. The van der Waals surface area contributed by atoms with Crippen molar-refractivity contribution in [1.29, 1.82) is 0 Å². The van der Waals surface area contributed by atoms with E-state index in [4.69, 9.17) is 4.74 Å². The molecule has 1 aliphatic rings. The number of carbonyl (C=O) groups is 2. The summed E-state index contributed by atoms with van der Waals surface area (Å²) in [6, 6.07) is 6.37. The van der Waals surface area contributed by atoms with E-state index in [2.05, 4.69) is 0 Å². The Morgan fingerprint density at radius 2 is 2.22 bits per heavy atom. The van der Waals surface area contributed by atoms with E-state index in [1.807, 2.05) is 0 Å². The van der Waals surface area contributed by atoms with E-state index in [0.29, 0.717) is 11.5 Å². The Bertz CT molecular complexity index is 480. The fourth-order valence-corrected chi connectivity index (χ4v) is 2.52. The molecule has 0 N–H and O–H groups in total. The Labute approximate surface area is 108 Å². The third-order valence-corrected chi connectivity index (χ3v) is 3.51. The second kappa shape index (κ2) is 5.39. The van der Waals surface area contributed by atoms with E-state index in [9.17, 15) is 14.0 Å². The summed E-state index contributed by atoms with van der Waals surface area (Å²) in [5, 5.41) is -0.391. The van der Waals surface area contributed by atoms with Crippen LogP contribution in [0.4, 0.5) is 9.18 Å². The molecule has 0 aromatic heterocycles. The van der Waals surface area contributed by atoms with Gasteiger partial charge < -0.3 is 4.74 Å². The number of rotatable bonds is 3. The SMILES string of the molecule is COc1ccccc1[C@@H](F)C(=O)N1CCSC1=O. The van der Waals surface area contributed by atoms with E-state index in [-0.39, 0.29) is 12.1 Å². The van der Waals surface area contributed by atoms with Crippen molar-refractivity contribution in [1.82, 2.24) is 4.90 Å². The first-order valence-corrected chi connectivity index (χ1v) is 6.39.